The molecule has 1 aliphatic rings. The topological polar surface area (TPSA) is 65.1 Å². The molecule has 3 aromatic rings. The van der Waals surface area contributed by atoms with Gasteiger partial charge in [0, 0.05) is 23.1 Å². The van der Waals surface area contributed by atoms with Gasteiger partial charge < -0.3 is 15.4 Å². The van der Waals surface area contributed by atoms with E-state index in [1.54, 1.807) is 12.1 Å². The highest BCUT2D eigenvalue weighted by molar-refractivity contribution is 5.91. The predicted octanol–water partition coefficient (Wildman–Crippen LogP) is 5.34. The molecule has 1 fully saturated rings. The second-order valence-electron chi connectivity index (χ2n) is 9.55. The third kappa shape index (κ3) is 5.08. The summed E-state index contributed by atoms with van der Waals surface area (Å²) in [6.45, 7) is 3.99. The number of H-pyrrole nitrogens is 1. The molecule has 0 aliphatic heterocycles. The van der Waals surface area contributed by atoms with Crippen LogP contribution in [0.3, 0.4) is 0 Å². The van der Waals surface area contributed by atoms with Crippen LogP contribution >= 0.6 is 0 Å². The van der Waals surface area contributed by atoms with Gasteiger partial charge in [0.15, 0.2) is 0 Å². The number of benzene rings is 2. The number of carbonyl (C=O) groups is 1. The molecule has 2 aromatic carbocycles. The molecule has 0 saturated heterocycles. The fourth-order valence-corrected chi connectivity index (χ4v) is 4.82. The van der Waals surface area contributed by atoms with Gasteiger partial charge in [-0.1, -0.05) is 13.8 Å². The second-order valence-corrected chi connectivity index (χ2v) is 9.55. The number of aromatic nitrogens is 1. The van der Waals surface area contributed by atoms with Crippen molar-refractivity contribution in [3.8, 4) is 11.3 Å². The summed E-state index contributed by atoms with van der Waals surface area (Å²) >= 11 is 0. The lowest BCUT2D eigenvalue weighted by atomic mass is 9.71. The molecule has 1 atom stereocenters. The van der Waals surface area contributed by atoms with Crippen molar-refractivity contribution in [3.05, 3.63) is 59.4 Å². The summed E-state index contributed by atoms with van der Waals surface area (Å²) in [6.07, 6.45) is 2.60. The Morgan fingerprint density at radius 3 is 2.45 bits per heavy atom. The monoisotopic (exact) mass is 458 g/mol. The zero-order valence-electron chi connectivity index (χ0n) is 18.8. The number of hydrogen-bond donors (Lipinski definition) is 3. The molecule has 3 N–H and O–H groups in total. The molecule has 0 unspecified atom stereocenters. The summed E-state index contributed by atoms with van der Waals surface area (Å²) in [5.41, 5.74) is 2.32. The number of aromatic amines is 1. The predicted molar refractivity (Wildman–Crippen MR) is 122 cm³/mol. The standard InChI is InChI=1S/C26H29F3N2O2/c1-14(2)7-20(13-32)30-26(33)17-8-15(9-17)10-21-22-11-19(28)12-23(29)25(22)31-24(21)16-3-5-18(27)6-4-16/h3-6,11-12,14-15,17,20,31-32H,7-10,13H2,1-2H3,(H,30,33)/t15?,17?,20-/m1/s1. The summed E-state index contributed by atoms with van der Waals surface area (Å²) in [5, 5.41) is 12.9. The average Bonchev–Trinajstić information content (AvgIpc) is 3.08. The molecule has 4 nitrogen and oxygen atoms in total. The molecule has 176 valence electrons. The van der Waals surface area contributed by atoms with Gasteiger partial charge in [0.05, 0.1) is 18.2 Å². The zero-order valence-corrected chi connectivity index (χ0v) is 18.8. The number of hydrogen-bond acceptors (Lipinski definition) is 2. The van der Waals surface area contributed by atoms with E-state index in [0.29, 0.717) is 48.2 Å². The molecule has 0 radical (unpaired) electrons. The molecule has 1 saturated carbocycles. The quantitative estimate of drug-likeness (QED) is 0.426. The minimum absolute atomic E-state index is 0.0549. The summed E-state index contributed by atoms with van der Waals surface area (Å²) in [5.74, 6) is -1.35. The van der Waals surface area contributed by atoms with E-state index in [2.05, 4.69) is 10.3 Å². The molecule has 0 spiro atoms. The fourth-order valence-electron chi connectivity index (χ4n) is 4.82. The molecule has 1 amide bonds. The van der Waals surface area contributed by atoms with E-state index in [-0.39, 0.29) is 41.7 Å². The summed E-state index contributed by atoms with van der Waals surface area (Å²) in [4.78, 5) is 15.6. The average molecular weight is 459 g/mol. The first-order valence-corrected chi connectivity index (χ1v) is 11.4. The Balaban J connectivity index is 1.53. The van der Waals surface area contributed by atoms with Gasteiger partial charge in [0.1, 0.15) is 17.5 Å². The Labute approximate surface area is 191 Å². The maximum atomic E-state index is 14.5. The molecule has 1 aromatic heterocycles. The van der Waals surface area contributed by atoms with Crippen molar-refractivity contribution in [2.45, 2.75) is 45.6 Å². The Morgan fingerprint density at radius 2 is 1.82 bits per heavy atom. The van der Waals surface area contributed by atoms with Crippen LogP contribution in [0, 0.1) is 35.2 Å². The van der Waals surface area contributed by atoms with E-state index in [1.807, 2.05) is 13.8 Å². The first kappa shape index (κ1) is 23.4. The largest absolute Gasteiger partial charge is 0.394 e. The van der Waals surface area contributed by atoms with Crippen LogP contribution in [-0.2, 0) is 11.2 Å². The minimum atomic E-state index is -0.675. The van der Waals surface area contributed by atoms with E-state index in [0.717, 1.165) is 11.6 Å². The number of aliphatic hydroxyl groups excluding tert-OH is 1. The van der Waals surface area contributed by atoms with Crippen LogP contribution in [0.2, 0.25) is 0 Å². The van der Waals surface area contributed by atoms with Crippen LogP contribution in [0.15, 0.2) is 36.4 Å². The SMILES string of the molecule is CC(C)C[C@H](CO)NC(=O)C1CC(Cc2c(-c3ccc(F)cc3)[nH]c3c(F)cc(F)cc23)C1. The van der Waals surface area contributed by atoms with Crippen LogP contribution in [-0.4, -0.2) is 28.6 Å². The van der Waals surface area contributed by atoms with Crippen molar-refractivity contribution in [1.82, 2.24) is 10.3 Å². The third-order valence-electron chi connectivity index (χ3n) is 6.49. The number of rotatable bonds is 8. The van der Waals surface area contributed by atoms with Gasteiger partial charge in [-0.05, 0) is 79.0 Å². The number of nitrogens with one attached hydrogen (secondary N) is 2. The lowest BCUT2D eigenvalue weighted by Gasteiger charge is -2.35. The number of carbonyl (C=O) groups excluding carboxylic acids is 1. The first-order valence-electron chi connectivity index (χ1n) is 11.4. The van der Waals surface area contributed by atoms with Crippen LogP contribution < -0.4 is 5.32 Å². The number of halogens is 3. The third-order valence-corrected chi connectivity index (χ3v) is 6.49. The van der Waals surface area contributed by atoms with Gasteiger partial charge in [-0.2, -0.15) is 0 Å². The Kier molecular flexibility index (Phi) is 6.79. The summed E-state index contributed by atoms with van der Waals surface area (Å²) < 4.78 is 41.9. The molecule has 0 bridgehead atoms. The summed E-state index contributed by atoms with van der Waals surface area (Å²) in [7, 11) is 0. The fraction of sp³-hybridized carbons (Fsp3) is 0.423. The van der Waals surface area contributed by atoms with Crippen LogP contribution in [0.1, 0.15) is 38.7 Å². The smallest absolute Gasteiger partial charge is 0.223 e. The van der Waals surface area contributed by atoms with Gasteiger partial charge in [-0.3, -0.25) is 4.79 Å². The normalized spacial score (nSPS) is 19.0. The first-order chi connectivity index (χ1) is 15.7. The van der Waals surface area contributed by atoms with Crippen LogP contribution in [0.4, 0.5) is 13.2 Å². The maximum Gasteiger partial charge on any atom is 0.223 e. The van der Waals surface area contributed by atoms with Crippen molar-refractivity contribution in [2.75, 3.05) is 6.61 Å². The van der Waals surface area contributed by atoms with Crippen molar-refractivity contribution >= 4 is 16.8 Å². The number of fused-ring (bicyclic) bond motifs is 1. The van der Waals surface area contributed by atoms with Crippen molar-refractivity contribution < 1.29 is 23.1 Å². The van der Waals surface area contributed by atoms with E-state index in [9.17, 15) is 23.1 Å². The number of amides is 1. The molecular weight excluding hydrogens is 429 g/mol. The van der Waals surface area contributed by atoms with Gasteiger partial charge in [0.2, 0.25) is 5.91 Å². The molecule has 33 heavy (non-hydrogen) atoms. The van der Waals surface area contributed by atoms with Crippen molar-refractivity contribution in [2.24, 2.45) is 17.8 Å². The zero-order chi connectivity index (χ0) is 23.7. The van der Waals surface area contributed by atoms with E-state index in [1.165, 1.54) is 18.2 Å². The van der Waals surface area contributed by atoms with Crippen LogP contribution in [0.25, 0.3) is 22.2 Å². The Morgan fingerprint density at radius 1 is 1.12 bits per heavy atom. The van der Waals surface area contributed by atoms with Crippen LogP contribution in [0.5, 0.6) is 0 Å². The maximum absolute atomic E-state index is 14.5. The summed E-state index contributed by atoms with van der Waals surface area (Å²) in [6, 6.07) is 7.80. The lowest BCUT2D eigenvalue weighted by molar-refractivity contribution is -0.130. The lowest BCUT2D eigenvalue weighted by Crippen LogP contribution is -2.45. The highest BCUT2D eigenvalue weighted by atomic mass is 19.1. The molecule has 4 rings (SSSR count). The van der Waals surface area contributed by atoms with Gasteiger partial charge in [-0.15, -0.1) is 0 Å². The van der Waals surface area contributed by atoms with Gasteiger partial charge >= 0.3 is 0 Å². The second kappa shape index (κ2) is 9.59. The van der Waals surface area contributed by atoms with Gasteiger partial charge in [0.25, 0.3) is 0 Å². The highest BCUT2D eigenvalue weighted by Crippen LogP contribution is 2.41. The molecular formula is C26H29F3N2O2. The van der Waals surface area contributed by atoms with E-state index in [4.69, 9.17) is 0 Å². The molecule has 1 aliphatic carbocycles. The van der Waals surface area contributed by atoms with Gasteiger partial charge in [-0.25, -0.2) is 13.2 Å². The Bertz CT molecular complexity index is 1130. The Hall–Kier alpha value is -2.80. The van der Waals surface area contributed by atoms with E-state index < -0.39 is 11.6 Å². The molecule has 1 heterocycles. The minimum Gasteiger partial charge on any atom is -0.394 e. The molecule has 7 heteroatoms. The number of aliphatic hydroxyl groups is 1. The van der Waals surface area contributed by atoms with E-state index >= 15 is 0 Å². The highest BCUT2D eigenvalue weighted by Gasteiger charge is 2.36. The van der Waals surface area contributed by atoms with Crippen molar-refractivity contribution in [3.63, 3.8) is 0 Å². The van der Waals surface area contributed by atoms with Crippen molar-refractivity contribution in [1.29, 1.82) is 0 Å².